The minimum Gasteiger partial charge on any atom is -0.342 e. The zero-order valence-corrected chi connectivity index (χ0v) is 22.5. The number of hydrogen-bond donors (Lipinski definition) is 3. The summed E-state index contributed by atoms with van der Waals surface area (Å²) in [5.74, 6) is -2.40. The number of carbonyl (C=O) groups is 4. The summed E-state index contributed by atoms with van der Waals surface area (Å²) in [5, 5.41) is 5.39. The Balaban J connectivity index is 1.50. The van der Waals surface area contributed by atoms with E-state index in [9.17, 15) is 23.6 Å². The summed E-state index contributed by atoms with van der Waals surface area (Å²) in [6.45, 7) is 0.266. The van der Waals surface area contributed by atoms with Gasteiger partial charge >= 0.3 is 0 Å². The summed E-state index contributed by atoms with van der Waals surface area (Å²) >= 11 is 5.93. The maximum atomic E-state index is 14.2. The second-order valence-corrected chi connectivity index (χ2v) is 9.99. The predicted octanol–water partition coefficient (Wildman–Crippen LogP) is 3.87. The van der Waals surface area contributed by atoms with Gasteiger partial charge in [-0.05, 0) is 42.3 Å². The number of nitrogens with zero attached hydrogens (tertiary/aromatic N) is 1. The first-order chi connectivity index (χ1) is 19.3. The Kier molecular flexibility index (Phi) is 9.63. The maximum Gasteiger partial charge on any atom is 0.247 e. The number of rotatable bonds is 10. The van der Waals surface area contributed by atoms with Crippen LogP contribution < -0.4 is 16.4 Å². The quantitative estimate of drug-likeness (QED) is 0.323. The van der Waals surface area contributed by atoms with Crippen LogP contribution in [0.4, 0.5) is 10.1 Å². The van der Waals surface area contributed by atoms with Crippen molar-refractivity contribution in [3.8, 4) is 0 Å². The van der Waals surface area contributed by atoms with Crippen LogP contribution in [-0.2, 0) is 27.3 Å². The normalized spacial score (nSPS) is 15.1. The fourth-order valence-electron chi connectivity index (χ4n) is 4.67. The van der Waals surface area contributed by atoms with E-state index in [1.54, 1.807) is 30.3 Å². The van der Waals surface area contributed by atoms with Crippen LogP contribution in [0.15, 0.2) is 72.8 Å². The maximum absolute atomic E-state index is 14.2. The van der Waals surface area contributed by atoms with E-state index in [1.807, 2.05) is 24.3 Å². The first-order valence-corrected chi connectivity index (χ1v) is 13.4. The number of nitrogens with one attached hydrogen (secondary N) is 2. The van der Waals surface area contributed by atoms with Gasteiger partial charge in [0.05, 0.1) is 5.69 Å². The molecule has 0 spiro atoms. The zero-order valence-electron chi connectivity index (χ0n) is 21.7. The Morgan fingerprint density at radius 2 is 1.68 bits per heavy atom. The van der Waals surface area contributed by atoms with Gasteiger partial charge in [-0.3, -0.25) is 19.2 Å². The summed E-state index contributed by atoms with van der Waals surface area (Å²) < 4.78 is 14.2. The first-order valence-electron chi connectivity index (χ1n) is 13.0. The van der Waals surface area contributed by atoms with E-state index < -0.39 is 29.7 Å². The minimum absolute atomic E-state index is 0.00125. The summed E-state index contributed by atoms with van der Waals surface area (Å²) in [6.07, 6.45) is 0.252. The minimum atomic E-state index is -1.08. The van der Waals surface area contributed by atoms with Crippen LogP contribution in [0, 0.1) is 5.82 Å². The topological polar surface area (TPSA) is 122 Å². The molecule has 3 aromatic rings. The van der Waals surface area contributed by atoms with Gasteiger partial charge in [0.2, 0.25) is 17.7 Å². The second kappa shape index (κ2) is 13.3. The highest BCUT2D eigenvalue weighted by Gasteiger charge is 2.36. The van der Waals surface area contributed by atoms with Crippen molar-refractivity contribution in [3.63, 3.8) is 0 Å². The summed E-state index contributed by atoms with van der Waals surface area (Å²) in [4.78, 5) is 54.0. The van der Waals surface area contributed by atoms with Crippen molar-refractivity contribution in [2.75, 3.05) is 11.9 Å². The van der Waals surface area contributed by atoms with Gasteiger partial charge in [0.15, 0.2) is 5.78 Å². The van der Waals surface area contributed by atoms with Crippen molar-refractivity contribution in [1.82, 2.24) is 10.2 Å². The highest BCUT2D eigenvalue weighted by molar-refractivity contribution is 6.30. The third-order valence-corrected chi connectivity index (χ3v) is 7.04. The van der Waals surface area contributed by atoms with Gasteiger partial charge < -0.3 is 21.3 Å². The molecule has 1 aliphatic heterocycles. The van der Waals surface area contributed by atoms with Crippen LogP contribution in [0.3, 0.4) is 0 Å². The number of carbonyl (C=O) groups excluding carboxylic acids is 4. The van der Waals surface area contributed by atoms with E-state index in [-0.39, 0.29) is 61.2 Å². The number of nitrogens with two attached hydrogens (primary N) is 1. The van der Waals surface area contributed by atoms with Crippen LogP contribution in [-0.4, -0.2) is 47.0 Å². The molecule has 0 aromatic heterocycles. The summed E-state index contributed by atoms with van der Waals surface area (Å²) in [5.41, 5.74) is 7.90. The molecule has 0 unspecified atom stereocenters. The van der Waals surface area contributed by atoms with Crippen LogP contribution >= 0.6 is 11.6 Å². The van der Waals surface area contributed by atoms with Gasteiger partial charge in [-0.15, -0.1) is 0 Å². The van der Waals surface area contributed by atoms with Crippen molar-refractivity contribution < 1.29 is 23.6 Å². The Morgan fingerprint density at radius 3 is 2.40 bits per heavy atom. The lowest BCUT2D eigenvalue weighted by Gasteiger charge is -2.36. The Morgan fingerprint density at radius 1 is 0.975 bits per heavy atom. The molecule has 1 aliphatic rings. The van der Waals surface area contributed by atoms with Gasteiger partial charge in [0, 0.05) is 36.4 Å². The molecular weight excluding hydrogens is 535 g/mol. The molecule has 0 fully saturated rings. The van der Waals surface area contributed by atoms with Crippen molar-refractivity contribution in [2.45, 2.75) is 44.3 Å². The average Bonchev–Trinajstić information content (AvgIpc) is 2.97. The molecule has 4 N–H and O–H groups in total. The smallest absolute Gasteiger partial charge is 0.247 e. The van der Waals surface area contributed by atoms with Crippen LogP contribution in [0.25, 0.3) is 0 Å². The molecule has 40 heavy (non-hydrogen) atoms. The van der Waals surface area contributed by atoms with Crippen molar-refractivity contribution in [1.29, 1.82) is 0 Å². The SMILES string of the molecule is NCC[C@H](NC(=O)[C@@H]1Cc2ccccc2CN1C(=O)CCC(=O)c1ccccc1)C(=O)Nc1cc(Cl)ccc1F. The van der Waals surface area contributed by atoms with E-state index >= 15 is 0 Å². The first kappa shape index (κ1) is 28.9. The van der Waals surface area contributed by atoms with Gasteiger partial charge in [0.25, 0.3) is 0 Å². The number of hydrogen-bond acceptors (Lipinski definition) is 5. The third kappa shape index (κ3) is 7.11. The molecule has 4 rings (SSSR count). The average molecular weight is 565 g/mol. The summed E-state index contributed by atoms with van der Waals surface area (Å²) in [6, 6.07) is 18.0. The van der Waals surface area contributed by atoms with Crippen LogP contribution in [0.2, 0.25) is 5.02 Å². The van der Waals surface area contributed by atoms with E-state index in [4.69, 9.17) is 17.3 Å². The van der Waals surface area contributed by atoms with Crippen molar-refractivity contribution in [2.24, 2.45) is 5.73 Å². The summed E-state index contributed by atoms with van der Waals surface area (Å²) in [7, 11) is 0. The highest BCUT2D eigenvalue weighted by atomic mass is 35.5. The Labute approximate surface area is 236 Å². The second-order valence-electron chi connectivity index (χ2n) is 9.55. The lowest BCUT2D eigenvalue weighted by Crippen LogP contribution is -2.56. The lowest BCUT2D eigenvalue weighted by atomic mass is 9.92. The molecule has 0 saturated carbocycles. The van der Waals surface area contributed by atoms with Gasteiger partial charge in [0.1, 0.15) is 17.9 Å². The van der Waals surface area contributed by atoms with Gasteiger partial charge in [-0.2, -0.15) is 0 Å². The number of Topliss-reactive ketones (excluding diaryl/α,β-unsaturated/α-hetero) is 1. The fourth-order valence-corrected chi connectivity index (χ4v) is 4.84. The number of amides is 3. The molecule has 208 valence electrons. The van der Waals surface area contributed by atoms with E-state index in [0.717, 1.165) is 17.2 Å². The molecule has 3 amide bonds. The number of anilines is 1. The zero-order chi connectivity index (χ0) is 28.6. The van der Waals surface area contributed by atoms with Gasteiger partial charge in [-0.1, -0.05) is 66.2 Å². The number of halogens is 2. The molecular formula is C30H30ClFN4O4. The number of benzene rings is 3. The largest absolute Gasteiger partial charge is 0.342 e. The predicted molar refractivity (Wildman–Crippen MR) is 150 cm³/mol. The van der Waals surface area contributed by atoms with Crippen molar-refractivity contribution >= 4 is 40.8 Å². The van der Waals surface area contributed by atoms with Gasteiger partial charge in [-0.25, -0.2) is 4.39 Å². The fraction of sp³-hybridized carbons (Fsp3) is 0.267. The standard InChI is InChI=1S/C30H30ClFN4O4/c31-22-10-11-23(32)25(17-22)35-29(39)24(14-15-33)34-30(40)26-16-20-8-4-5-9-21(20)18-36(26)28(38)13-12-27(37)19-6-2-1-3-7-19/h1-11,17,24,26H,12-16,18,33H2,(H,34,40)(H,35,39)/t24-,26-/m0/s1. The van der Waals surface area contributed by atoms with Crippen LogP contribution in [0.5, 0.6) is 0 Å². The monoisotopic (exact) mass is 564 g/mol. The van der Waals surface area contributed by atoms with Crippen molar-refractivity contribution in [3.05, 3.63) is 100 Å². The molecule has 0 radical (unpaired) electrons. The molecule has 0 aliphatic carbocycles. The molecule has 0 bridgehead atoms. The molecule has 3 aromatic carbocycles. The van der Waals surface area contributed by atoms with E-state index in [2.05, 4.69) is 10.6 Å². The molecule has 8 nitrogen and oxygen atoms in total. The number of fused-ring (bicyclic) bond motifs is 1. The Hall–Kier alpha value is -4.08. The molecule has 10 heteroatoms. The molecule has 2 atom stereocenters. The molecule has 1 heterocycles. The van der Waals surface area contributed by atoms with E-state index in [1.165, 1.54) is 17.0 Å². The molecule has 0 saturated heterocycles. The third-order valence-electron chi connectivity index (χ3n) is 6.81. The number of ketones is 1. The lowest BCUT2D eigenvalue weighted by molar-refractivity contribution is -0.142. The van der Waals surface area contributed by atoms with E-state index in [0.29, 0.717) is 5.56 Å². The Bertz CT molecular complexity index is 1400. The highest BCUT2D eigenvalue weighted by Crippen LogP contribution is 2.25. The van der Waals surface area contributed by atoms with Crippen LogP contribution in [0.1, 0.15) is 40.7 Å².